The minimum Gasteiger partial charge on any atom is -0.489 e. The molecule has 0 saturated carbocycles. The van der Waals surface area contributed by atoms with E-state index in [-0.39, 0.29) is 0 Å². The van der Waals surface area contributed by atoms with Crippen molar-refractivity contribution in [3.05, 3.63) is 70.3 Å². The quantitative estimate of drug-likeness (QED) is 0.836. The molecule has 0 aromatic heterocycles. The van der Waals surface area contributed by atoms with Gasteiger partial charge in [-0.25, -0.2) is 4.79 Å². The Kier molecular flexibility index (Phi) is 5.01. The van der Waals surface area contributed by atoms with Gasteiger partial charge in [0.1, 0.15) is 12.4 Å². The number of benzene rings is 2. The summed E-state index contributed by atoms with van der Waals surface area (Å²) in [5.41, 5.74) is 2.71. The second-order valence-electron chi connectivity index (χ2n) is 4.57. The summed E-state index contributed by atoms with van der Waals surface area (Å²) in [6.45, 7) is 2.29. The molecule has 108 valence electrons. The molecule has 21 heavy (non-hydrogen) atoms. The van der Waals surface area contributed by atoms with Gasteiger partial charge in [-0.2, -0.15) is 0 Å². The number of aryl methyl sites for hydroxylation is 1. The molecule has 0 aliphatic carbocycles. The lowest BCUT2D eigenvalue weighted by Gasteiger charge is -2.11. The van der Waals surface area contributed by atoms with E-state index >= 15 is 0 Å². The van der Waals surface area contributed by atoms with Gasteiger partial charge in [-0.3, -0.25) is 0 Å². The molecule has 0 heterocycles. The van der Waals surface area contributed by atoms with Crippen LogP contribution in [-0.4, -0.2) is 11.1 Å². The summed E-state index contributed by atoms with van der Waals surface area (Å²) in [5.74, 6) is -0.212. The minimum atomic E-state index is -0.973. The Hall–Kier alpha value is -2.26. The van der Waals surface area contributed by atoms with Crippen LogP contribution in [0.2, 0.25) is 5.02 Å². The average Bonchev–Trinajstić information content (AvgIpc) is 2.45. The molecule has 0 unspecified atom stereocenters. The maximum Gasteiger partial charge on any atom is 0.328 e. The number of carboxylic acids is 1. The zero-order valence-corrected chi connectivity index (χ0v) is 12.3. The standard InChI is InChI=1S/C17H15ClO3/c1-12-10-15(18)7-8-16(12)21-11-14-5-3-2-4-13(14)6-9-17(19)20/h2-10H,11H2,1H3,(H,19,20). The number of aliphatic carboxylic acids is 1. The molecular weight excluding hydrogens is 288 g/mol. The molecular formula is C17H15ClO3. The number of hydrogen-bond acceptors (Lipinski definition) is 2. The maximum atomic E-state index is 10.6. The molecule has 4 heteroatoms. The molecule has 2 aromatic carbocycles. The van der Waals surface area contributed by atoms with E-state index in [0.29, 0.717) is 11.6 Å². The molecule has 0 amide bonds. The molecule has 2 rings (SSSR count). The van der Waals surface area contributed by atoms with Gasteiger partial charge < -0.3 is 9.84 Å². The highest BCUT2D eigenvalue weighted by Gasteiger charge is 2.04. The van der Waals surface area contributed by atoms with Crippen molar-refractivity contribution >= 4 is 23.6 Å². The van der Waals surface area contributed by atoms with Crippen LogP contribution >= 0.6 is 11.6 Å². The van der Waals surface area contributed by atoms with E-state index in [1.807, 2.05) is 43.3 Å². The second kappa shape index (κ2) is 6.95. The van der Waals surface area contributed by atoms with Gasteiger partial charge in [0.05, 0.1) is 0 Å². The maximum absolute atomic E-state index is 10.6. The largest absolute Gasteiger partial charge is 0.489 e. The fourth-order valence-electron chi connectivity index (χ4n) is 1.92. The van der Waals surface area contributed by atoms with Crippen molar-refractivity contribution in [3.63, 3.8) is 0 Å². The van der Waals surface area contributed by atoms with E-state index in [0.717, 1.165) is 28.5 Å². The highest BCUT2D eigenvalue weighted by Crippen LogP contribution is 2.23. The van der Waals surface area contributed by atoms with Crippen LogP contribution in [0.4, 0.5) is 0 Å². The van der Waals surface area contributed by atoms with E-state index in [9.17, 15) is 4.79 Å². The SMILES string of the molecule is Cc1cc(Cl)ccc1OCc1ccccc1C=CC(=O)O. The van der Waals surface area contributed by atoms with Crippen molar-refractivity contribution in [2.75, 3.05) is 0 Å². The molecule has 0 aliphatic heterocycles. The number of halogens is 1. The summed E-state index contributed by atoms with van der Waals surface area (Å²) >= 11 is 5.91. The van der Waals surface area contributed by atoms with Crippen LogP contribution in [0.1, 0.15) is 16.7 Å². The number of rotatable bonds is 5. The van der Waals surface area contributed by atoms with Crippen LogP contribution < -0.4 is 4.74 Å². The fraction of sp³-hybridized carbons (Fsp3) is 0.118. The van der Waals surface area contributed by atoms with Gasteiger partial charge in [-0.05, 0) is 47.9 Å². The third-order valence-electron chi connectivity index (χ3n) is 2.98. The monoisotopic (exact) mass is 302 g/mol. The lowest BCUT2D eigenvalue weighted by Crippen LogP contribution is -1.99. The Balaban J connectivity index is 2.14. The van der Waals surface area contributed by atoms with Crippen molar-refractivity contribution in [1.82, 2.24) is 0 Å². The number of carboxylic acid groups (broad SMARTS) is 1. The first kappa shape index (κ1) is 15.1. The molecule has 0 bridgehead atoms. The predicted molar refractivity (Wildman–Crippen MR) is 83.6 cm³/mol. The summed E-state index contributed by atoms with van der Waals surface area (Å²) < 4.78 is 5.79. The Morgan fingerprint density at radius 1 is 1.29 bits per heavy atom. The Bertz CT molecular complexity index is 677. The van der Waals surface area contributed by atoms with Crippen molar-refractivity contribution in [2.45, 2.75) is 13.5 Å². The van der Waals surface area contributed by atoms with E-state index in [4.69, 9.17) is 21.4 Å². The smallest absolute Gasteiger partial charge is 0.328 e. The molecule has 0 saturated heterocycles. The highest BCUT2D eigenvalue weighted by atomic mass is 35.5. The van der Waals surface area contributed by atoms with Gasteiger partial charge in [-0.1, -0.05) is 35.9 Å². The van der Waals surface area contributed by atoms with E-state index in [2.05, 4.69) is 0 Å². The van der Waals surface area contributed by atoms with Crippen LogP contribution in [0.3, 0.4) is 0 Å². The van der Waals surface area contributed by atoms with Crippen LogP contribution in [-0.2, 0) is 11.4 Å². The van der Waals surface area contributed by atoms with E-state index in [1.54, 1.807) is 12.1 Å². The Labute approximate surface area is 128 Å². The van der Waals surface area contributed by atoms with E-state index in [1.165, 1.54) is 0 Å². The highest BCUT2D eigenvalue weighted by molar-refractivity contribution is 6.30. The third kappa shape index (κ3) is 4.36. The topological polar surface area (TPSA) is 46.5 Å². The predicted octanol–water partition coefficient (Wildman–Crippen LogP) is 4.33. The van der Waals surface area contributed by atoms with Crippen LogP contribution in [0, 0.1) is 6.92 Å². The summed E-state index contributed by atoms with van der Waals surface area (Å²) in [6, 6.07) is 13.0. The van der Waals surface area contributed by atoms with Gasteiger partial charge >= 0.3 is 5.97 Å². The molecule has 1 N–H and O–H groups in total. The summed E-state index contributed by atoms with van der Waals surface area (Å²) in [6.07, 6.45) is 2.68. The van der Waals surface area contributed by atoms with Crippen LogP contribution in [0.5, 0.6) is 5.75 Å². The van der Waals surface area contributed by atoms with Crippen molar-refractivity contribution in [3.8, 4) is 5.75 Å². The first-order valence-corrected chi connectivity index (χ1v) is 6.82. The lowest BCUT2D eigenvalue weighted by atomic mass is 10.1. The lowest BCUT2D eigenvalue weighted by molar-refractivity contribution is -0.131. The Morgan fingerprint density at radius 2 is 2.05 bits per heavy atom. The first-order valence-electron chi connectivity index (χ1n) is 6.44. The fourth-order valence-corrected chi connectivity index (χ4v) is 2.15. The normalized spacial score (nSPS) is 10.8. The van der Waals surface area contributed by atoms with Gasteiger partial charge in [-0.15, -0.1) is 0 Å². The molecule has 0 spiro atoms. The Morgan fingerprint density at radius 3 is 2.76 bits per heavy atom. The van der Waals surface area contributed by atoms with Gasteiger partial charge in [0.15, 0.2) is 0 Å². The molecule has 0 aliphatic rings. The summed E-state index contributed by atoms with van der Waals surface area (Å²) in [4.78, 5) is 10.6. The second-order valence-corrected chi connectivity index (χ2v) is 5.01. The summed E-state index contributed by atoms with van der Waals surface area (Å²) in [7, 11) is 0. The van der Waals surface area contributed by atoms with Gasteiger partial charge in [0.2, 0.25) is 0 Å². The molecule has 0 radical (unpaired) electrons. The molecule has 0 fully saturated rings. The average molecular weight is 303 g/mol. The number of carbonyl (C=O) groups is 1. The van der Waals surface area contributed by atoms with Crippen molar-refractivity contribution in [1.29, 1.82) is 0 Å². The molecule has 2 aromatic rings. The summed E-state index contributed by atoms with van der Waals surface area (Å²) in [5, 5.41) is 9.38. The minimum absolute atomic E-state index is 0.364. The first-order chi connectivity index (χ1) is 10.1. The number of hydrogen-bond donors (Lipinski definition) is 1. The van der Waals surface area contributed by atoms with Crippen molar-refractivity contribution < 1.29 is 14.6 Å². The third-order valence-corrected chi connectivity index (χ3v) is 3.22. The van der Waals surface area contributed by atoms with Gasteiger partial charge in [0, 0.05) is 11.1 Å². The van der Waals surface area contributed by atoms with Gasteiger partial charge in [0.25, 0.3) is 0 Å². The zero-order chi connectivity index (χ0) is 15.2. The van der Waals surface area contributed by atoms with Crippen LogP contribution in [0.15, 0.2) is 48.5 Å². The number of ether oxygens (including phenoxy) is 1. The zero-order valence-electron chi connectivity index (χ0n) is 11.5. The van der Waals surface area contributed by atoms with Crippen molar-refractivity contribution in [2.24, 2.45) is 0 Å². The molecule has 0 atom stereocenters. The van der Waals surface area contributed by atoms with Crippen LogP contribution in [0.25, 0.3) is 6.08 Å². The molecule has 3 nitrogen and oxygen atoms in total. The van der Waals surface area contributed by atoms with E-state index < -0.39 is 5.97 Å².